The Hall–Kier alpha value is -1.95. The summed E-state index contributed by atoms with van der Waals surface area (Å²) in [5, 5.41) is 16.6. The van der Waals surface area contributed by atoms with Crippen molar-refractivity contribution in [2.45, 2.75) is 32.2 Å². The lowest BCUT2D eigenvalue weighted by molar-refractivity contribution is -0.153. The molecule has 0 aliphatic rings. The summed E-state index contributed by atoms with van der Waals surface area (Å²) < 4.78 is 46.4. The molecule has 1 heterocycles. The molecule has 3 N–H and O–H groups in total. The summed E-state index contributed by atoms with van der Waals surface area (Å²) in [6, 6.07) is 9.63. The fourth-order valence-corrected chi connectivity index (χ4v) is 2.30. The van der Waals surface area contributed by atoms with Gasteiger partial charge in [-0.15, -0.1) is 24.0 Å². The van der Waals surface area contributed by atoms with Gasteiger partial charge in [0.15, 0.2) is 12.6 Å². The lowest BCUT2D eigenvalue weighted by atomic mass is 10.0. The molecule has 1 unspecified atom stereocenters. The quantitative estimate of drug-likeness (QED) is 0.277. The maximum Gasteiger partial charge on any atom is 0.422 e. The number of furan rings is 1. The average molecular weight is 527 g/mol. The Morgan fingerprint density at radius 1 is 1.17 bits per heavy atom. The largest absolute Gasteiger partial charge is 0.484 e. The predicted octanol–water partition coefficient (Wildman–Crippen LogP) is 3.80. The highest BCUT2D eigenvalue weighted by Crippen LogP contribution is 2.20. The summed E-state index contributed by atoms with van der Waals surface area (Å²) in [6.45, 7) is 3.32. The van der Waals surface area contributed by atoms with E-state index in [1.165, 1.54) is 18.4 Å². The summed E-state index contributed by atoms with van der Waals surface area (Å²) >= 11 is 0. The van der Waals surface area contributed by atoms with Gasteiger partial charge in [-0.25, -0.2) is 4.99 Å². The van der Waals surface area contributed by atoms with Crippen LogP contribution in [-0.4, -0.2) is 36.9 Å². The van der Waals surface area contributed by atoms with Crippen molar-refractivity contribution in [1.29, 1.82) is 0 Å². The van der Waals surface area contributed by atoms with E-state index in [0.717, 1.165) is 5.56 Å². The zero-order chi connectivity index (χ0) is 20.6. The first-order chi connectivity index (χ1) is 13.2. The van der Waals surface area contributed by atoms with Crippen LogP contribution in [0.15, 0.2) is 52.1 Å². The van der Waals surface area contributed by atoms with E-state index < -0.39 is 18.4 Å². The highest BCUT2D eigenvalue weighted by atomic mass is 127. The number of benzene rings is 1. The van der Waals surface area contributed by atoms with Crippen molar-refractivity contribution in [3.63, 3.8) is 0 Å². The Labute approximate surface area is 184 Å². The van der Waals surface area contributed by atoms with Gasteiger partial charge in [0.25, 0.3) is 0 Å². The molecule has 0 aliphatic heterocycles. The molecule has 0 fully saturated rings. The number of alkyl halides is 3. The maximum absolute atomic E-state index is 12.2. The minimum absolute atomic E-state index is 0. The molecule has 0 radical (unpaired) electrons. The third-order valence-electron chi connectivity index (χ3n) is 3.74. The molecule has 0 bridgehead atoms. The Morgan fingerprint density at radius 2 is 1.86 bits per heavy atom. The average Bonchev–Trinajstić information content (AvgIpc) is 3.18. The van der Waals surface area contributed by atoms with Crippen LogP contribution in [0.4, 0.5) is 13.2 Å². The first-order valence-corrected chi connectivity index (χ1v) is 8.76. The van der Waals surface area contributed by atoms with Crippen molar-refractivity contribution in [3.05, 3.63) is 54.0 Å². The third kappa shape index (κ3) is 8.94. The van der Waals surface area contributed by atoms with Crippen LogP contribution in [0.3, 0.4) is 0 Å². The van der Waals surface area contributed by atoms with Crippen LogP contribution in [0, 0.1) is 0 Å². The first-order valence-electron chi connectivity index (χ1n) is 8.76. The first kappa shape index (κ1) is 25.1. The van der Waals surface area contributed by atoms with Crippen LogP contribution in [0.5, 0.6) is 5.75 Å². The van der Waals surface area contributed by atoms with Gasteiger partial charge in [-0.1, -0.05) is 12.1 Å². The molecule has 2 aromatic rings. The molecule has 0 amide bonds. The standard InChI is InChI=1S/C19H24F3N3O3.HI/c1-3-23-17(25-12-18(2,26)16-5-4-10-27-16)24-11-14-6-8-15(9-7-14)28-13-19(20,21)22;/h4-10,26H,3,11-13H2,1-2H3,(H2,23,24,25);1H. The van der Waals surface area contributed by atoms with Crippen molar-refractivity contribution >= 4 is 29.9 Å². The van der Waals surface area contributed by atoms with Gasteiger partial charge in [0.2, 0.25) is 0 Å². The minimum Gasteiger partial charge on any atom is -0.484 e. The molecular weight excluding hydrogens is 502 g/mol. The number of nitrogens with zero attached hydrogens (tertiary/aromatic N) is 1. The van der Waals surface area contributed by atoms with Crippen LogP contribution in [-0.2, 0) is 12.1 Å². The van der Waals surface area contributed by atoms with E-state index in [1.54, 1.807) is 31.2 Å². The molecule has 0 spiro atoms. The highest BCUT2D eigenvalue weighted by Gasteiger charge is 2.28. The Morgan fingerprint density at radius 3 is 2.41 bits per heavy atom. The van der Waals surface area contributed by atoms with Crippen LogP contribution in [0.25, 0.3) is 0 Å². The zero-order valence-electron chi connectivity index (χ0n) is 16.1. The van der Waals surface area contributed by atoms with Crippen molar-refractivity contribution in [2.75, 3.05) is 19.7 Å². The van der Waals surface area contributed by atoms with Crippen LogP contribution in [0.2, 0.25) is 0 Å². The van der Waals surface area contributed by atoms with Crippen molar-refractivity contribution in [1.82, 2.24) is 10.6 Å². The van der Waals surface area contributed by atoms with E-state index in [0.29, 0.717) is 24.8 Å². The van der Waals surface area contributed by atoms with Gasteiger partial charge in [0, 0.05) is 6.54 Å². The molecular formula is C19H25F3IN3O3. The van der Waals surface area contributed by atoms with Crippen LogP contribution in [0.1, 0.15) is 25.2 Å². The zero-order valence-corrected chi connectivity index (χ0v) is 18.5. The predicted molar refractivity (Wildman–Crippen MR) is 115 cm³/mol. The summed E-state index contributed by atoms with van der Waals surface area (Å²) in [4.78, 5) is 4.41. The topological polar surface area (TPSA) is 79.0 Å². The third-order valence-corrected chi connectivity index (χ3v) is 3.74. The number of guanidine groups is 1. The Balaban J connectivity index is 0.00000420. The van der Waals surface area contributed by atoms with Crippen molar-refractivity contribution in [3.8, 4) is 5.75 Å². The normalized spacial score (nSPS) is 13.9. The van der Waals surface area contributed by atoms with Crippen LogP contribution < -0.4 is 15.4 Å². The van der Waals surface area contributed by atoms with Gasteiger partial charge in [0.05, 0.1) is 19.4 Å². The summed E-state index contributed by atoms with van der Waals surface area (Å²) in [5.74, 6) is 1.07. The molecule has 162 valence electrons. The number of ether oxygens (including phenoxy) is 1. The second-order valence-corrected chi connectivity index (χ2v) is 6.35. The van der Waals surface area contributed by atoms with Crippen molar-refractivity contribution < 1.29 is 27.4 Å². The van der Waals surface area contributed by atoms with Gasteiger partial charge in [-0.05, 0) is 43.7 Å². The Bertz CT molecular complexity index is 748. The molecule has 0 saturated heterocycles. The lowest BCUT2D eigenvalue weighted by Crippen LogP contribution is -2.44. The van der Waals surface area contributed by atoms with E-state index in [4.69, 9.17) is 4.42 Å². The van der Waals surface area contributed by atoms with Gasteiger partial charge >= 0.3 is 6.18 Å². The van der Waals surface area contributed by atoms with E-state index in [9.17, 15) is 18.3 Å². The number of nitrogens with one attached hydrogen (secondary N) is 2. The number of halogens is 4. The fraction of sp³-hybridized carbons (Fsp3) is 0.421. The molecule has 10 heteroatoms. The molecule has 2 rings (SSSR count). The molecule has 6 nitrogen and oxygen atoms in total. The number of rotatable bonds is 8. The van der Waals surface area contributed by atoms with Gasteiger partial charge in [-0.3, -0.25) is 0 Å². The van der Waals surface area contributed by atoms with Crippen molar-refractivity contribution in [2.24, 2.45) is 4.99 Å². The molecule has 1 atom stereocenters. The van der Waals surface area contributed by atoms with Gasteiger partial charge < -0.3 is 24.9 Å². The lowest BCUT2D eigenvalue weighted by Gasteiger charge is -2.22. The summed E-state index contributed by atoms with van der Waals surface area (Å²) in [5.41, 5.74) is -0.411. The SMILES string of the molecule is CCNC(=NCc1ccc(OCC(F)(F)F)cc1)NCC(C)(O)c1ccco1.I. The smallest absolute Gasteiger partial charge is 0.422 e. The van der Waals surface area contributed by atoms with E-state index in [-0.39, 0.29) is 36.3 Å². The number of aliphatic imine (C=N–C) groups is 1. The number of hydrogen-bond donors (Lipinski definition) is 3. The highest BCUT2D eigenvalue weighted by molar-refractivity contribution is 14.0. The van der Waals surface area contributed by atoms with Gasteiger partial charge in [0.1, 0.15) is 17.1 Å². The molecule has 1 aromatic carbocycles. The molecule has 1 aromatic heterocycles. The number of aliphatic hydroxyl groups is 1. The van der Waals surface area contributed by atoms with E-state index >= 15 is 0 Å². The second kappa shape index (κ2) is 11.3. The summed E-state index contributed by atoms with van der Waals surface area (Å²) in [7, 11) is 0. The second-order valence-electron chi connectivity index (χ2n) is 6.35. The van der Waals surface area contributed by atoms with Crippen LogP contribution >= 0.6 is 24.0 Å². The molecule has 0 aliphatic carbocycles. The minimum atomic E-state index is -4.37. The molecule has 29 heavy (non-hydrogen) atoms. The fourth-order valence-electron chi connectivity index (χ4n) is 2.30. The molecule has 0 saturated carbocycles. The number of hydrogen-bond acceptors (Lipinski definition) is 4. The monoisotopic (exact) mass is 527 g/mol. The van der Waals surface area contributed by atoms with Gasteiger partial charge in [-0.2, -0.15) is 13.2 Å². The van der Waals surface area contributed by atoms with E-state index in [1.807, 2.05) is 6.92 Å². The summed E-state index contributed by atoms with van der Waals surface area (Å²) in [6.07, 6.45) is -2.88. The Kier molecular flexibility index (Phi) is 9.77. The van der Waals surface area contributed by atoms with E-state index in [2.05, 4.69) is 20.4 Å². The maximum atomic E-state index is 12.2.